The molecule has 0 saturated heterocycles. The van der Waals surface area contributed by atoms with E-state index in [1.165, 1.54) is 12.8 Å². The number of carboxylic acids is 1. The highest BCUT2D eigenvalue weighted by molar-refractivity contribution is 6.30. The van der Waals surface area contributed by atoms with Crippen molar-refractivity contribution in [1.82, 2.24) is 9.97 Å². The number of halogens is 1. The fourth-order valence-corrected chi connectivity index (χ4v) is 1.75. The van der Waals surface area contributed by atoms with Crippen molar-refractivity contribution in [3.05, 3.63) is 22.7 Å². The first-order valence-corrected chi connectivity index (χ1v) is 5.75. The van der Waals surface area contributed by atoms with Crippen LogP contribution in [0.2, 0.25) is 5.15 Å². The van der Waals surface area contributed by atoms with Crippen molar-refractivity contribution in [1.29, 1.82) is 0 Å². The topological polar surface area (TPSA) is 63.1 Å². The summed E-state index contributed by atoms with van der Waals surface area (Å²) in [6, 6.07) is 0. The second-order valence-electron chi connectivity index (χ2n) is 4.14. The van der Waals surface area contributed by atoms with Gasteiger partial charge in [-0.05, 0) is 25.2 Å². The minimum absolute atomic E-state index is 0.0606. The highest BCUT2D eigenvalue weighted by Gasteiger charge is 2.23. The van der Waals surface area contributed by atoms with Gasteiger partial charge in [-0.25, -0.2) is 9.97 Å². The molecule has 2 rings (SSSR count). The second-order valence-corrected chi connectivity index (χ2v) is 4.50. The van der Waals surface area contributed by atoms with Crippen LogP contribution in [0.3, 0.4) is 0 Å². The Balaban J connectivity index is 2.00. The van der Waals surface area contributed by atoms with E-state index in [0.29, 0.717) is 17.1 Å². The number of carboxylic acid groups (broad SMARTS) is 1. The van der Waals surface area contributed by atoms with E-state index in [1.54, 1.807) is 6.20 Å². The van der Waals surface area contributed by atoms with E-state index in [1.807, 2.05) is 0 Å². The minimum Gasteiger partial charge on any atom is -0.481 e. The molecule has 1 aliphatic rings. The molecule has 16 heavy (non-hydrogen) atoms. The molecule has 86 valence electrons. The molecule has 1 fully saturated rings. The molecule has 1 aromatic rings. The number of nitrogens with zero attached hydrogens (tertiary/aromatic N) is 2. The molecule has 1 N–H and O–H groups in total. The monoisotopic (exact) mass is 240 g/mol. The van der Waals surface area contributed by atoms with Crippen LogP contribution in [0.25, 0.3) is 0 Å². The lowest BCUT2D eigenvalue weighted by atomic mass is 10.2. The largest absolute Gasteiger partial charge is 0.481 e. The number of hydrogen-bond donors (Lipinski definition) is 1. The van der Waals surface area contributed by atoms with Gasteiger partial charge in [0.05, 0.1) is 0 Å². The van der Waals surface area contributed by atoms with Gasteiger partial charge in [0, 0.05) is 24.6 Å². The van der Waals surface area contributed by atoms with Gasteiger partial charge in [0.2, 0.25) is 0 Å². The van der Waals surface area contributed by atoms with Crippen LogP contribution in [0.15, 0.2) is 6.20 Å². The Bertz CT molecular complexity index is 405. The molecule has 0 atom stereocenters. The van der Waals surface area contributed by atoms with E-state index in [0.717, 1.165) is 18.2 Å². The number of aliphatic carboxylic acids is 1. The Morgan fingerprint density at radius 1 is 1.56 bits per heavy atom. The average Bonchev–Trinajstić information content (AvgIpc) is 3.00. The van der Waals surface area contributed by atoms with Gasteiger partial charge < -0.3 is 5.11 Å². The van der Waals surface area contributed by atoms with Crippen LogP contribution in [0.5, 0.6) is 0 Å². The lowest BCUT2D eigenvalue weighted by Crippen LogP contribution is -2.02. The van der Waals surface area contributed by atoms with Crippen LogP contribution in [0.1, 0.15) is 30.7 Å². The quantitative estimate of drug-likeness (QED) is 0.801. The molecule has 1 saturated carbocycles. The van der Waals surface area contributed by atoms with Gasteiger partial charge in [-0.3, -0.25) is 4.79 Å². The molecule has 0 radical (unpaired) electrons. The molecule has 0 amide bonds. The van der Waals surface area contributed by atoms with Crippen LogP contribution < -0.4 is 0 Å². The fraction of sp³-hybridized carbons (Fsp3) is 0.545. The third-order valence-electron chi connectivity index (χ3n) is 2.64. The summed E-state index contributed by atoms with van der Waals surface area (Å²) in [5, 5.41) is 8.96. The second kappa shape index (κ2) is 4.78. The zero-order chi connectivity index (χ0) is 11.5. The Morgan fingerprint density at radius 2 is 2.31 bits per heavy atom. The smallest absolute Gasteiger partial charge is 0.303 e. The predicted molar refractivity (Wildman–Crippen MR) is 59.4 cm³/mol. The van der Waals surface area contributed by atoms with Crippen molar-refractivity contribution < 1.29 is 9.90 Å². The van der Waals surface area contributed by atoms with Gasteiger partial charge in [-0.2, -0.15) is 0 Å². The van der Waals surface area contributed by atoms with E-state index < -0.39 is 5.97 Å². The Kier molecular flexibility index (Phi) is 3.39. The van der Waals surface area contributed by atoms with Crippen molar-refractivity contribution in [3.63, 3.8) is 0 Å². The fourth-order valence-electron chi connectivity index (χ4n) is 1.51. The zero-order valence-corrected chi connectivity index (χ0v) is 9.57. The third kappa shape index (κ3) is 3.17. The van der Waals surface area contributed by atoms with E-state index >= 15 is 0 Å². The number of hydrogen-bond acceptors (Lipinski definition) is 3. The molecule has 0 bridgehead atoms. The zero-order valence-electron chi connectivity index (χ0n) is 8.82. The van der Waals surface area contributed by atoms with Gasteiger partial charge in [0.15, 0.2) is 0 Å². The molecule has 1 heterocycles. The molecule has 0 unspecified atom stereocenters. The molecular weight excluding hydrogens is 228 g/mol. The lowest BCUT2D eigenvalue weighted by molar-refractivity contribution is -0.136. The van der Waals surface area contributed by atoms with Gasteiger partial charge in [0.25, 0.3) is 0 Å². The van der Waals surface area contributed by atoms with Gasteiger partial charge >= 0.3 is 5.97 Å². The standard InChI is InChI=1S/C11H13ClN2O2/c12-11-8(3-4-10(15)16)6-13-9(14-11)5-7-1-2-7/h6-7H,1-5H2,(H,15,16). The molecule has 0 aliphatic heterocycles. The molecular formula is C11H13ClN2O2. The Hall–Kier alpha value is -1.16. The Labute approximate surface area is 98.7 Å². The van der Waals surface area contributed by atoms with Crippen LogP contribution in [-0.2, 0) is 17.6 Å². The molecule has 5 heteroatoms. The predicted octanol–water partition coefficient (Wildman–Crippen LogP) is 2.10. The summed E-state index contributed by atoms with van der Waals surface area (Å²) in [4.78, 5) is 18.8. The summed E-state index contributed by atoms with van der Waals surface area (Å²) in [5.74, 6) is 0.658. The van der Waals surface area contributed by atoms with Crippen LogP contribution in [0, 0.1) is 5.92 Å². The number of carbonyl (C=O) groups is 1. The summed E-state index contributed by atoms with van der Waals surface area (Å²) in [5.41, 5.74) is 0.712. The first-order valence-electron chi connectivity index (χ1n) is 5.37. The highest BCUT2D eigenvalue weighted by Crippen LogP contribution is 2.31. The first-order chi connectivity index (χ1) is 7.65. The lowest BCUT2D eigenvalue weighted by Gasteiger charge is -2.03. The van der Waals surface area contributed by atoms with Gasteiger partial charge in [0.1, 0.15) is 11.0 Å². The number of aromatic nitrogens is 2. The van der Waals surface area contributed by atoms with Crippen LogP contribution >= 0.6 is 11.6 Å². The van der Waals surface area contributed by atoms with E-state index in [9.17, 15) is 4.79 Å². The van der Waals surface area contributed by atoms with E-state index in [2.05, 4.69) is 9.97 Å². The molecule has 1 aliphatic carbocycles. The third-order valence-corrected chi connectivity index (χ3v) is 2.97. The van der Waals surface area contributed by atoms with Crippen LogP contribution in [0.4, 0.5) is 0 Å². The molecule has 0 spiro atoms. The van der Waals surface area contributed by atoms with Crippen molar-refractivity contribution in [2.45, 2.75) is 32.1 Å². The maximum absolute atomic E-state index is 10.4. The minimum atomic E-state index is -0.835. The van der Waals surface area contributed by atoms with Crippen molar-refractivity contribution in [3.8, 4) is 0 Å². The van der Waals surface area contributed by atoms with Crippen molar-refractivity contribution >= 4 is 17.6 Å². The number of aryl methyl sites for hydroxylation is 1. The van der Waals surface area contributed by atoms with Gasteiger partial charge in [-0.1, -0.05) is 11.6 Å². The SMILES string of the molecule is O=C(O)CCc1cnc(CC2CC2)nc1Cl. The summed E-state index contributed by atoms with van der Waals surface area (Å²) >= 11 is 5.97. The van der Waals surface area contributed by atoms with Crippen LogP contribution in [-0.4, -0.2) is 21.0 Å². The summed E-state index contributed by atoms with van der Waals surface area (Å²) < 4.78 is 0. The summed E-state index contributed by atoms with van der Waals surface area (Å²) in [6.07, 6.45) is 5.49. The Morgan fingerprint density at radius 3 is 2.88 bits per heavy atom. The molecule has 1 aromatic heterocycles. The summed E-state index contributed by atoms with van der Waals surface area (Å²) in [7, 11) is 0. The highest BCUT2D eigenvalue weighted by atomic mass is 35.5. The van der Waals surface area contributed by atoms with Crippen molar-refractivity contribution in [2.24, 2.45) is 5.92 Å². The average molecular weight is 241 g/mol. The van der Waals surface area contributed by atoms with Crippen molar-refractivity contribution in [2.75, 3.05) is 0 Å². The maximum Gasteiger partial charge on any atom is 0.303 e. The number of rotatable bonds is 5. The van der Waals surface area contributed by atoms with Gasteiger partial charge in [-0.15, -0.1) is 0 Å². The van der Waals surface area contributed by atoms with E-state index in [-0.39, 0.29) is 6.42 Å². The first kappa shape index (κ1) is 11.3. The molecule has 4 nitrogen and oxygen atoms in total. The maximum atomic E-state index is 10.4. The summed E-state index contributed by atoms with van der Waals surface area (Å²) in [6.45, 7) is 0. The normalized spacial score (nSPS) is 15.1. The van der Waals surface area contributed by atoms with E-state index in [4.69, 9.17) is 16.7 Å². The molecule has 0 aromatic carbocycles.